The number of ether oxygens (including phenoxy) is 2. The topological polar surface area (TPSA) is 72.9 Å². The number of benzene rings is 2. The van der Waals surface area contributed by atoms with E-state index in [2.05, 4.69) is 0 Å². The van der Waals surface area contributed by atoms with Crippen molar-refractivity contribution in [1.29, 1.82) is 0 Å². The quantitative estimate of drug-likeness (QED) is 0.541. The minimum Gasteiger partial charge on any atom is -0.496 e. The van der Waals surface area contributed by atoms with E-state index in [-0.39, 0.29) is 22.8 Å². The molecule has 1 aliphatic heterocycles. The van der Waals surface area contributed by atoms with Crippen molar-refractivity contribution in [3.63, 3.8) is 0 Å². The molecule has 0 unspecified atom stereocenters. The zero-order valence-corrected chi connectivity index (χ0v) is 15.4. The summed E-state index contributed by atoms with van der Waals surface area (Å²) in [5.74, 6) is -1.51. The molecular weight excluding hydrogens is 365 g/mol. The molecule has 3 rings (SSSR count). The molecule has 0 spiro atoms. The lowest BCUT2D eigenvalue weighted by Gasteiger charge is -2.15. The summed E-state index contributed by atoms with van der Waals surface area (Å²) in [6.07, 6.45) is 1.39. The SMILES string of the molecule is COc1ccc(F)cc1C(=O)COC(=O)c1cccc(CN2CCCC2=O)c1. The van der Waals surface area contributed by atoms with Gasteiger partial charge in [-0.1, -0.05) is 12.1 Å². The van der Waals surface area contributed by atoms with Crippen LogP contribution in [0.1, 0.15) is 39.1 Å². The Bertz CT molecular complexity index is 911. The van der Waals surface area contributed by atoms with Gasteiger partial charge in [0.2, 0.25) is 11.7 Å². The number of carbonyl (C=O) groups is 3. The highest BCUT2D eigenvalue weighted by Crippen LogP contribution is 2.20. The first-order chi connectivity index (χ1) is 13.5. The highest BCUT2D eigenvalue weighted by atomic mass is 19.1. The molecule has 1 saturated heterocycles. The average molecular weight is 385 g/mol. The second-order valence-electron chi connectivity index (χ2n) is 6.46. The molecule has 146 valence electrons. The summed E-state index contributed by atoms with van der Waals surface area (Å²) in [5.41, 5.74) is 1.10. The number of likely N-dealkylation sites (tertiary alicyclic amines) is 1. The first-order valence-electron chi connectivity index (χ1n) is 8.88. The monoisotopic (exact) mass is 385 g/mol. The smallest absolute Gasteiger partial charge is 0.338 e. The summed E-state index contributed by atoms with van der Waals surface area (Å²) in [4.78, 5) is 38.1. The van der Waals surface area contributed by atoms with E-state index in [0.29, 0.717) is 19.5 Å². The van der Waals surface area contributed by atoms with E-state index in [0.717, 1.165) is 18.1 Å². The molecule has 7 heteroatoms. The molecule has 2 aromatic carbocycles. The third kappa shape index (κ3) is 4.54. The van der Waals surface area contributed by atoms with Gasteiger partial charge in [-0.3, -0.25) is 9.59 Å². The van der Waals surface area contributed by atoms with Crippen LogP contribution in [-0.2, 0) is 16.1 Å². The molecule has 0 aromatic heterocycles. The third-order valence-corrected chi connectivity index (χ3v) is 4.50. The Kier molecular flexibility index (Phi) is 6.03. The van der Waals surface area contributed by atoms with Crippen molar-refractivity contribution >= 4 is 17.7 Å². The van der Waals surface area contributed by atoms with E-state index in [4.69, 9.17) is 9.47 Å². The Morgan fingerprint density at radius 3 is 2.71 bits per heavy atom. The number of carbonyl (C=O) groups excluding carboxylic acids is 3. The van der Waals surface area contributed by atoms with E-state index in [9.17, 15) is 18.8 Å². The van der Waals surface area contributed by atoms with Crippen LogP contribution < -0.4 is 4.74 Å². The minimum atomic E-state index is -0.668. The van der Waals surface area contributed by atoms with E-state index in [1.165, 1.54) is 19.2 Å². The first kappa shape index (κ1) is 19.5. The maximum Gasteiger partial charge on any atom is 0.338 e. The van der Waals surface area contributed by atoms with Crippen LogP contribution in [0.5, 0.6) is 5.75 Å². The van der Waals surface area contributed by atoms with Gasteiger partial charge in [0.15, 0.2) is 6.61 Å². The van der Waals surface area contributed by atoms with Gasteiger partial charge >= 0.3 is 5.97 Å². The Hall–Kier alpha value is -3.22. The van der Waals surface area contributed by atoms with Crippen LogP contribution in [-0.4, -0.2) is 42.8 Å². The fraction of sp³-hybridized carbons (Fsp3) is 0.286. The molecule has 1 amide bonds. The summed E-state index contributed by atoms with van der Waals surface area (Å²) in [6.45, 7) is 0.602. The van der Waals surface area contributed by atoms with Crippen LogP contribution >= 0.6 is 0 Å². The lowest BCUT2D eigenvalue weighted by molar-refractivity contribution is -0.128. The number of halogens is 1. The highest BCUT2D eigenvalue weighted by Gasteiger charge is 2.21. The Morgan fingerprint density at radius 2 is 2.00 bits per heavy atom. The summed E-state index contributed by atoms with van der Waals surface area (Å²) in [7, 11) is 1.37. The Balaban J connectivity index is 1.63. The van der Waals surface area contributed by atoms with Crippen molar-refractivity contribution in [3.8, 4) is 5.75 Å². The number of ketones is 1. The standard InChI is InChI=1S/C21H20FNO5/c1-27-19-8-7-16(22)11-17(19)18(24)13-28-21(26)15-5-2-4-14(10-15)12-23-9-3-6-20(23)25/h2,4-5,7-8,10-11H,3,6,9,12-13H2,1H3. The molecule has 1 aliphatic rings. The average Bonchev–Trinajstić information content (AvgIpc) is 3.10. The van der Waals surface area contributed by atoms with Crippen LogP contribution in [0.4, 0.5) is 4.39 Å². The van der Waals surface area contributed by atoms with Gasteiger partial charge in [0.05, 0.1) is 18.2 Å². The van der Waals surface area contributed by atoms with E-state index < -0.39 is 24.2 Å². The molecule has 0 N–H and O–H groups in total. The molecule has 0 bridgehead atoms. The lowest BCUT2D eigenvalue weighted by atomic mass is 10.1. The van der Waals surface area contributed by atoms with Crippen molar-refractivity contribution in [2.24, 2.45) is 0 Å². The highest BCUT2D eigenvalue weighted by molar-refractivity contribution is 6.01. The van der Waals surface area contributed by atoms with Crippen LogP contribution in [0.3, 0.4) is 0 Å². The molecule has 2 aromatic rings. The fourth-order valence-electron chi connectivity index (χ4n) is 3.08. The Labute approximate surface area is 161 Å². The normalized spacial score (nSPS) is 13.5. The predicted octanol–water partition coefficient (Wildman–Crippen LogP) is 3.00. The summed E-state index contributed by atoms with van der Waals surface area (Å²) >= 11 is 0. The zero-order chi connectivity index (χ0) is 20.1. The van der Waals surface area contributed by atoms with E-state index >= 15 is 0 Å². The largest absolute Gasteiger partial charge is 0.496 e. The number of nitrogens with zero attached hydrogens (tertiary/aromatic N) is 1. The van der Waals surface area contributed by atoms with Crippen molar-refractivity contribution in [3.05, 3.63) is 65.0 Å². The number of rotatable bonds is 7. The van der Waals surface area contributed by atoms with Crippen molar-refractivity contribution in [2.75, 3.05) is 20.3 Å². The van der Waals surface area contributed by atoms with Crippen molar-refractivity contribution < 1.29 is 28.2 Å². The second kappa shape index (κ2) is 8.65. The van der Waals surface area contributed by atoms with Gasteiger partial charge in [0.1, 0.15) is 11.6 Å². The lowest BCUT2D eigenvalue weighted by Crippen LogP contribution is -2.24. The molecule has 1 heterocycles. The summed E-state index contributed by atoms with van der Waals surface area (Å²) < 4.78 is 23.5. The number of methoxy groups -OCH3 is 1. The number of esters is 1. The molecule has 6 nitrogen and oxygen atoms in total. The number of Topliss-reactive ketones (excluding diaryl/α,β-unsaturated/α-hetero) is 1. The summed E-state index contributed by atoms with van der Waals surface area (Å²) in [6, 6.07) is 10.3. The Morgan fingerprint density at radius 1 is 1.18 bits per heavy atom. The number of amides is 1. The van der Waals surface area contributed by atoms with Gasteiger partial charge in [-0.05, 0) is 42.3 Å². The molecule has 0 aliphatic carbocycles. The van der Waals surface area contributed by atoms with Crippen LogP contribution in [0.15, 0.2) is 42.5 Å². The molecule has 1 fully saturated rings. The predicted molar refractivity (Wildman–Crippen MR) is 98.7 cm³/mol. The van der Waals surface area contributed by atoms with Gasteiger partial charge in [0, 0.05) is 19.5 Å². The van der Waals surface area contributed by atoms with Crippen LogP contribution in [0.2, 0.25) is 0 Å². The maximum absolute atomic E-state index is 13.4. The van der Waals surface area contributed by atoms with Gasteiger partial charge in [0.25, 0.3) is 0 Å². The van der Waals surface area contributed by atoms with Crippen molar-refractivity contribution in [2.45, 2.75) is 19.4 Å². The van der Waals surface area contributed by atoms with Crippen LogP contribution in [0.25, 0.3) is 0 Å². The van der Waals surface area contributed by atoms with Gasteiger partial charge in [-0.25, -0.2) is 9.18 Å². The molecular formula is C21H20FNO5. The van der Waals surface area contributed by atoms with Gasteiger partial charge in [-0.15, -0.1) is 0 Å². The first-order valence-corrected chi connectivity index (χ1v) is 8.88. The molecule has 0 radical (unpaired) electrons. The molecule has 28 heavy (non-hydrogen) atoms. The minimum absolute atomic E-state index is 0.0107. The molecule has 0 atom stereocenters. The fourth-order valence-corrected chi connectivity index (χ4v) is 3.08. The van der Waals surface area contributed by atoms with E-state index in [1.54, 1.807) is 23.1 Å². The van der Waals surface area contributed by atoms with Crippen LogP contribution in [0, 0.1) is 5.82 Å². The second-order valence-corrected chi connectivity index (χ2v) is 6.46. The van der Waals surface area contributed by atoms with E-state index in [1.807, 2.05) is 6.07 Å². The van der Waals surface area contributed by atoms with Gasteiger partial charge < -0.3 is 14.4 Å². The molecule has 0 saturated carbocycles. The zero-order valence-electron chi connectivity index (χ0n) is 15.4. The van der Waals surface area contributed by atoms with Crippen molar-refractivity contribution in [1.82, 2.24) is 4.90 Å². The number of hydrogen-bond acceptors (Lipinski definition) is 5. The number of hydrogen-bond donors (Lipinski definition) is 0. The summed E-state index contributed by atoms with van der Waals surface area (Å²) in [5, 5.41) is 0. The third-order valence-electron chi connectivity index (χ3n) is 4.50. The van der Waals surface area contributed by atoms with Gasteiger partial charge in [-0.2, -0.15) is 0 Å². The maximum atomic E-state index is 13.4.